The number of halogens is 1. The highest BCUT2D eigenvalue weighted by Gasteiger charge is 2.21. The average Bonchev–Trinajstić information content (AvgIpc) is 2.57. The van der Waals surface area contributed by atoms with Crippen molar-refractivity contribution in [1.82, 2.24) is 10.2 Å². The first-order valence-corrected chi connectivity index (χ1v) is 7.58. The Morgan fingerprint density at radius 2 is 1.91 bits per heavy atom. The molecule has 1 aliphatic heterocycles. The normalized spacial score (nSPS) is 13.2. The van der Waals surface area contributed by atoms with Crippen LogP contribution in [0.2, 0.25) is 5.02 Å². The van der Waals surface area contributed by atoms with E-state index in [0.717, 1.165) is 22.2 Å². The Bertz CT molecular complexity index is 922. The Kier molecular flexibility index (Phi) is 3.35. The van der Waals surface area contributed by atoms with Crippen molar-refractivity contribution in [3.63, 3.8) is 0 Å². The van der Waals surface area contributed by atoms with Crippen molar-refractivity contribution in [2.75, 3.05) is 12.0 Å². The van der Waals surface area contributed by atoms with Crippen molar-refractivity contribution in [1.29, 1.82) is 0 Å². The number of rotatable bonds is 1. The molecule has 6 heteroatoms. The van der Waals surface area contributed by atoms with Crippen LogP contribution in [0.3, 0.4) is 0 Å². The molecule has 0 saturated heterocycles. The number of hydrogen-bond donors (Lipinski definition) is 1. The van der Waals surface area contributed by atoms with Crippen LogP contribution in [-0.2, 0) is 0 Å². The van der Waals surface area contributed by atoms with Gasteiger partial charge < -0.3 is 10.1 Å². The molecule has 0 amide bonds. The van der Waals surface area contributed by atoms with E-state index in [9.17, 15) is 0 Å². The summed E-state index contributed by atoms with van der Waals surface area (Å²) >= 11 is 5.90. The topological polar surface area (TPSA) is 59.4 Å². The summed E-state index contributed by atoms with van der Waals surface area (Å²) in [5.74, 6) is 1.11. The lowest BCUT2D eigenvalue weighted by atomic mass is 10.1. The van der Waals surface area contributed by atoms with E-state index < -0.39 is 0 Å². The van der Waals surface area contributed by atoms with Crippen LogP contribution in [0.1, 0.15) is 11.3 Å². The molecule has 114 valence electrons. The number of aromatic nitrogens is 2. The van der Waals surface area contributed by atoms with E-state index in [2.05, 4.69) is 20.5 Å². The van der Waals surface area contributed by atoms with E-state index in [4.69, 9.17) is 16.3 Å². The molecule has 4 rings (SSSR count). The van der Waals surface area contributed by atoms with Crippen molar-refractivity contribution in [2.45, 2.75) is 6.92 Å². The van der Waals surface area contributed by atoms with E-state index in [1.54, 1.807) is 24.3 Å². The maximum atomic E-state index is 5.90. The lowest BCUT2D eigenvalue weighted by Crippen LogP contribution is -2.22. The lowest BCUT2D eigenvalue weighted by molar-refractivity contribution is 0.544. The number of hydrogen-bond acceptors (Lipinski definition) is 5. The Labute approximate surface area is 138 Å². The molecule has 0 fully saturated rings. The molecule has 0 aliphatic carbocycles. The predicted octanol–water partition coefficient (Wildman–Crippen LogP) is 3.80. The molecule has 23 heavy (non-hydrogen) atoms. The molecule has 0 bridgehead atoms. The highest BCUT2D eigenvalue weighted by Crippen LogP contribution is 2.29. The number of benzene rings is 2. The number of aryl methyl sites for hydroxylation is 1. The molecule has 0 unspecified atom stereocenters. The molecule has 2 heterocycles. The minimum Gasteiger partial charge on any atom is -0.437 e. The summed E-state index contributed by atoms with van der Waals surface area (Å²) in [5, 5.41) is 13.6. The summed E-state index contributed by atoms with van der Waals surface area (Å²) in [6.07, 6.45) is 0. The fraction of sp³-hybridized carbons (Fsp3) is 0.118. The number of fused-ring (bicyclic) bond motifs is 3. The highest BCUT2D eigenvalue weighted by molar-refractivity contribution is 6.30. The first-order valence-electron chi connectivity index (χ1n) is 7.20. The zero-order valence-electron chi connectivity index (χ0n) is 12.4. The van der Waals surface area contributed by atoms with Crippen LogP contribution in [0.4, 0.5) is 5.69 Å². The van der Waals surface area contributed by atoms with Crippen molar-refractivity contribution < 1.29 is 4.74 Å². The van der Waals surface area contributed by atoms with Gasteiger partial charge in [0, 0.05) is 10.4 Å². The summed E-state index contributed by atoms with van der Waals surface area (Å²) in [5.41, 5.74) is 3.48. The van der Waals surface area contributed by atoms with Gasteiger partial charge in [0.2, 0.25) is 5.90 Å². The molecule has 3 aromatic rings. The Hall–Kier alpha value is -2.66. The molecule has 1 aromatic heterocycles. The van der Waals surface area contributed by atoms with Crippen molar-refractivity contribution >= 4 is 34.1 Å². The Morgan fingerprint density at radius 3 is 2.74 bits per heavy atom. The van der Waals surface area contributed by atoms with Crippen LogP contribution in [-0.4, -0.2) is 22.8 Å². The van der Waals surface area contributed by atoms with Gasteiger partial charge in [-0.25, -0.2) is 4.99 Å². The second kappa shape index (κ2) is 5.52. The van der Waals surface area contributed by atoms with Gasteiger partial charge in [0.1, 0.15) is 12.4 Å². The highest BCUT2D eigenvalue weighted by atomic mass is 35.5. The first-order chi connectivity index (χ1) is 11.2. The maximum absolute atomic E-state index is 5.90. The van der Waals surface area contributed by atoms with Gasteiger partial charge in [0.05, 0.1) is 11.2 Å². The summed E-state index contributed by atoms with van der Waals surface area (Å²) in [6.45, 7) is 2.45. The molecule has 0 spiro atoms. The lowest BCUT2D eigenvalue weighted by Gasteiger charge is -2.19. The van der Waals surface area contributed by atoms with E-state index in [1.807, 2.05) is 25.1 Å². The zero-order chi connectivity index (χ0) is 15.8. The fourth-order valence-electron chi connectivity index (χ4n) is 2.56. The first kappa shape index (κ1) is 14.0. The summed E-state index contributed by atoms with van der Waals surface area (Å²) < 4.78 is 5.86. The van der Waals surface area contributed by atoms with Gasteiger partial charge in [-0.1, -0.05) is 29.8 Å². The minimum absolute atomic E-state index is 0.435. The van der Waals surface area contributed by atoms with Crippen LogP contribution in [0.15, 0.2) is 47.5 Å². The largest absolute Gasteiger partial charge is 0.437 e. The van der Waals surface area contributed by atoms with Crippen molar-refractivity contribution in [2.24, 2.45) is 4.99 Å². The Morgan fingerprint density at radius 1 is 1.09 bits per heavy atom. The fourth-order valence-corrected chi connectivity index (χ4v) is 2.69. The van der Waals surface area contributed by atoms with Gasteiger partial charge in [-0.2, -0.15) is 0 Å². The quantitative estimate of drug-likeness (QED) is 0.739. The number of anilines is 1. The van der Waals surface area contributed by atoms with E-state index in [1.165, 1.54) is 0 Å². The maximum Gasteiger partial charge on any atom is 0.246 e. The van der Waals surface area contributed by atoms with Crippen molar-refractivity contribution in [3.05, 3.63) is 58.7 Å². The predicted molar refractivity (Wildman–Crippen MR) is 91.4 cm³/mol. The molecule has 1 N–H and O–H groups in total. The third-order valence-corrected chi connectivity index (χ3v) is 3.96. The standard InChI is InChI=1S/C17H13ClN4O/c1-10-3-2-4-13-14(10)21-22-16-15(13)19-9-20-17(16)23-12-7-5-11(18)6-8-12/h2-8,19H,9H2,1H3. The van der Waals surface area contributed by atoms with Gasteiger partial charge >= 0.3 is 0 Å². The molecule has 2 aromatic carbocycles. The van der Waals surface area contributed by atoms with Gasteiger partial charge in [-0.05, 0) is 36.8 Å². The minimum atomic E-state index is 0.435. The summed E-state index contributed by atoms with van der Waals surface area (Å²) in [6, 6.07) is 13.2. The second-order valence-electron chi connectivity index (χ2n) is 5.25. The molecule has 0 atom stereocenters. The SMILES string of the molecule is Cc1cccc2c3c(nnc12)C(Oc1ccc(Cl)cc1)=NCN3. The monoisotopic (exact) mass is 324 g/mol. The number of aliphatic imine (C=N–C) groups is 1. The van der Waals surface area contributed by atoms with Crippen LogP contribution in [0, 0.1) is 6.92 Å². The van der Waals surface area contributed by atoms with Crippen LogP contribution in [0.25, 0.3) is 10.9 Å². The zero-order valence-corrected chi connectivity index (χ0v) is 13.1. The summed E-state index contributed by atoms with van der Waals surface area (Å²) in [4.78, 5) is 4.37. The molecule has 0 radical (unpaired) electrons. The van der Waals surface area contributed by atoms with Gasteiger partial charge in [0.25, 0.3) is 0 Å². The molecular weight excluding hydrogens is 312 g/mol. The second-order valence-corrected chi connectivity index (χ2v) is 5.69. The molecule has 5 nitrogen and oxygen atoms in total. The van der Waals surface area contributed by atoms with Gasteiger partial charge in [-0.3, -0.25) is 0 Å². The van der Waals surface area contributed by atoms with E-state index in [-0.39, 0.29) is 0 Å². The molecule has 1 aliphatic rings. The van der Waals surface area contributed by atoms with E-state index in [0.29, 0.717) is 29.0 Å². The van der Waals surface area contributed by atoms with Crippen LogP contribution < -0.4 is 10.1 Å². The van der Waals surface area contributed by atoms with Gasteiger partial charge in [0.15, 0.2) is 5.69 Å². The number of nitrogens with one attached hydrogen (secondary N) is 1. The van der Waals surface area contributed by atoms with Gasteiger partial charge in [-0.15, -0.1) is 10.2 Å². The number of nitrogens with zero attached hydrogens (tertiary/aromatic N) is 3. The third kappa shape index (κ3) is 2.49. The molecular formula is C17H13ClN4O. The van der Waals surface area contributed by atoms with E-state index >= 15 is 0 Å². The van der Waals surface area contributed by atoms with Crippen LogP contribution in [0.5, 0.6) is 5.75 Å². The molecule has 0 saturated carbocycles. The Balaban J connectivity index is 1.78. The van der Waals surface area contributed by atoms with Crippen molar-refractivity contribution in [3.8, 4) is 5.75 Å². The smallest absolute Gasteiger partial charge is 0.246 e. The average molecular weight is 325 g/mol. The summed E-state index contributed by atoms with van der Waals surface area (Å²) in [7, 11) is 0. The third-order valence-electron chi connectivity index (χ3n) is 3.70. The number of ether oxygens (including phenoxy) is 1. The van der Waals surface area contributed by atoms with Crippen LogP contribution >= 0.6 is 11.6 Å².